The minimum Gasteiger partial charge on any atom is -0.455 e. The number of thiazole rings is 1. The van der Waals surface area contributed by atoms with Crippen LogP contribution in [0.25, 0.3) is 11.3 Å². The molecule has 0 aliphatic carbocycles. The molecule has 30 heavy (non-hydrogen) atoms. The number of aromatic nitrogens is 2. The second-order valence-corrected chi connectivity index (χ2v) is 7.56. The topological polar surface area (TPSA) is 90.1 Å². The van der Waals surface area contributed by atoms with Crippen LogP contribution in [0, 0.1) is 6.92 Å². The van der Waals surface area contributed by atoms with Crippen molar-refractivity contribution >= 4 is 33.8 Å². The Bertz CT molecular complexity index is 1160. The van der Waals surface area contributed by atoms with Crippen LogP contribution in [-0.2, 0) is 11.3 Å². The Balaban J connectivity index is 1.42. The van der Waals surface area contributed by atoms with Crippen molar-refractivity contribution in [2.75, 3.05) is 11.1 Å². The summed E-state index contributed by atoms with van der Waals surface area (Å²) in [6.45, 7) is 2.10. The molecule has 0 atom stereocenters. The molecule has 0 fully saturated rings. The van der Waals surface area contributed by atoms with E-state index in [1.165, 1.54) is 16.9 Å². The molecule has 2 aromatic heterocycles. The van der Waals surface area contributed by atoms with Gasteiger partial charge in [0.05, 0.1) is 22.6 Å². The molecule has 2 aromatic carbocycles. The Morgan fingerprint density at radius 2 is 1.87 bits per heavy atom. The minimum atomic E-state index is -0.506. The van der Waals surface area contributed by atoms with Gasteiger partial charge in [-0.25, -0.2) is 9.78 Å². The average Bonchev–Trinajstić information content (AvgIpc) is 3.22. The zero-order valence-corrected chi connectivity index (χ0v) is 17.1. The fourth-order valence-corrected chi connectivity index (χ4v) is 3.60. The van der Waals surface area contributed by atoms with Gasteiger partial charge < -0.3 is 15.8 Å². The summed E-state index contributed by atoms with van der Waals surface area (Å²) >= 11 is 1.45. The van der Waals surface area contributed by atoms with Gasteiger partial charge in [-0.15, -0.1) is 11.3 Å². The molecule has 0 spiro atoms. The quantitative estimate of drug-likeness (QED) is 0.420. The van der Waals surface area contributed by atoms with Gasteiger partial charge in [0.1, 0.15) is 6.61 Å². The summed E-state index contributed by atoms with van der Waals surface area (Å²) in [6.07, 6.45) is 1.56. The average molecular weight is 417 g/mol. The predicted octanol–water partition coefficient (Wildman–Crippen LogP) is 5.20. The van der Waals surface area contributed by atoms with Crippen molar-refractivity contribution in [3.63, 3.8) is 0 Å². The first kappa shape index (κ1) is 19.6. The van der Waals surface area contributed by atoms with Gasteiger partial charge in [-0.2, -0.15) is 0 Å². The largest absolute Gasteiger partial charge is 0.455 e. The van der Waals surface area contributed by atoms with Crippen molar-refractivity contribution in [3.8, 4) is 11.3 Å². The second-order valence-electron chi connectivity index (χ2n) is 6.70. The molecule has 0 saturated carbocycles. The summed E-state index contributed by atoms with van der Waals surface area (Å²) in [5.74, 6) is -0.506. The van der Waals surface area contributed by atoms with Gasteiger partial charge in [0, 0.05) is 22.8 Å². The van der Waals surface area contributed by atoms with Gasteiger partial charge in [0.15, 0.2) is 5.13 Å². The van der Waals surface area contributed by atoms with Crippen LogP contribution in [0.2, 0.25) is 0 Å². The minimum absolute atomic E-state index is 0.0628. The number of anilines is 3. The van der Waals surface area contributed by atoms with E-state index >= 15 is 0 Å². The fraction of sp³-hybridized carbons (Fsp3) is 0.0870. The van der Waals surface area contributed by atoms with Crippen LogP contribution in [-0.4, -0.2) is 15.9 Å². The summed E-state index contributed by atoms with van der Waals surface area (Å²) in [5, 5.41) is 5.84. The first-order chi connectivity index (χ1) is 14.6. The number of hydrogen-bond acceptors (Lipinski definition) is 7. The number of rotatable bonds is 6. The van der Waals surface area contributed by atoms with Crippen molar-refractivity contribution in [2.45, 2.75) is 13.5 Å². The van der Waals surface area contributed by atoms with E-state index in [1.54, 1.807) is 12.3 Å². The highest BCUT2D eigenvalue weighted by Gasteiger charge is 2.16. The van der Waals surface area contributed by atoms with E-state index in [2.05, 4.69) is 15.3 Å². The lowest BCUT2D eigenvalue weighted by molar-refractivity contribution is 0.0469. The Labute approximate surface area is 178 Å². The Morgan fingerprint density at radius 3 is 2.63 bits per heavy atom. The third kappa shape index (κ3) is 4.47. The summed E-state index contributed by atoms with van der Waals surface area (Å²) in [4.78, 5) is 21.4. The number of nitrogen functional groups attached to an aromatic ring is 1. The molecule has 0 unspecified atom stereocenters. The summed E-state index contributed by atoms with van der Waals surface area (Å²) in [7, 11) is 0. The molecule has 4 aromatic rings. The van der Waals surface area contributed by atoms with Crippen LogP contribution < -0.4 is 11.1 Å². The molecule has 0 aliphatic heterocycles. The van der Waals surface area contributed by atoms with Gasteiger partial charge in [-0.05, 0) is 25.1 Å². The number of nitrogens with two attached hydrogens (primary N) is 1. The number of benzene rings is 2. The fourth-order valence-electron chi connectivity index (χ4n) is 2.89. The number of nitrogens with one attached hydrogen (secondary N) is 1. The summed E-state index contributed by atoms with van der Waals surface area (Å²) in [6, 6.07) is 19.1. The van der Waals surface area contributed by atoms with Gasteiger partial charge >= 0.3 is 5.97 Å². The van der Waals surface area contributed by atoms with Crippen LogP contribution in [0.4, 0.5) is 16.5 Å². The maximum absolute atomic E-state index is 12.6. The second kappa shape index (κ2) is 8.75. The number of nitrogens with zero attached hydrogens (tertiary/aromatic N) is 2. The smallest absolute Gasteiger partial charge is 0.340 e. The first-order valence-corrected chi connectivity index (χ1v) is 10.2. The van der Waals surface area contributed by atoms with Gasteiger partial charge in [0.2, 0.25) is 0 Å². The maximum atomic E-state index is 12.6. The highest BCUT2D eigenvalue weighted by atomic mass is 32.1. The van der Waals surface area contributed by atoms with Crippen molar-refractivity contribution in [1.82, 2.24) is 9.97 Å². The number of carbonyl (C=O) groups excluding carboxylic acids is 1. The standard InChI is InChI=1S/C23H20N4O2S/c1-15-7-9-17(10-8-15)26-23-27-18(14-30-23)13-29-22(28)19-11-12-25-21(20(19)24)16-5-3-2-4-6-16/h2-12,14H,13,24H2,1H3,(H,26,27). The summed E-state index contributed by atoms with van der Waals surface area (Å²) in [5.41, 5.74) is 11.0. The molecule has 7 heteroatoms. The van der Waals surface area contributed by atoms with Crippen molar-refractivity contribution < 1.29 is 9.53 Å². The summed E-state index contributed by atoms with van der Waals surface area (Å²) < 4.78 is 5.43. The number of pyridine rings is 1. The van der Waals surface area contributed by atoms with Crippen LogP contribution in [0.15, 0.2) is 72.2 Å². The SMILES string of the molecule is Cc1ccc(Nc2nc(COC(=O)c3ccnc(-c4ccccc4)c3N)cs2)cc1. The lowest BCUT2D eigenvalue weighted by Crippen LogP contribution is -2.10. The van der Waals surface area contributed by atoms with Crippen molar-refractivity contribution in [2.24, 2.45) is 0 Å². The molecule has 0 radical (unpaired) electrons. The number of aryl methyl sites for hydroxylation is 1. The molecule has 0 bridgehead atoms. The van der Waals surface area contributed by atoms with Gasteiger partial charge in [0.25, 0.3) is 0 Å². The van der Waals surface area contributed by atoms with Crippen LogP contribution >= 0.6 is 11.3 Å². The molecule has 2 heterocycles. The van der Waals surface area contributed by atoms with Crippen molar-refractivity contribution in [1.29, 1.82) is 0 Å². The molecule has 4 rings (SSSR count). The monoisotopic (exact) mass is 416 g/mol. The molecule has 0 saturated heterocycles. The molecule has 150 valence electrons. The van der Waals surface area contributed by atoms with E-state index in [0.29, 0.717) is 17.1 Å². The lowest BCUT2D eigenvalue weighted by atomic mass is 10.1. The van der Waals surface area contributed by atoms with Gasteiger partial charge in [-0.3, -0.25) is 4.98 Å². The van der Waals surface area contributed by atoms with Crippen LogP contribution in [0.1, 0.15) is 21.6 Å². The number of carbonyl (C=O) groups is 1. The first-order valence-electron chi connectivity index (χ1n) is 9.35. The third-order valence-corrected chi connectivity index (χ3v) is 5.27. The van der Waals surface area contributed by atoms with E-state index in [4.69, 9.17) is 10.5 Å². The molecule has 3 N–H and O–H groups in total. The van der Waals surface area contributed by atoms with E-state index in [9.17, 15) is 4.79 Å². The Hall–Kier alpha value is -3.71. The highest BCUT2D eigenvalue weighted by molar-refractivity contribution is 7.13. The molecule has 0 aliphatic rings. The Morgan fingerprint density at radius 1 is 1.10 bits per heavy atom. The van der Waals surface area contributed by atoms with E-state index in [-0.39, 0.29) is 12.2 Å². The third-order valence-electron chi connectivity index (χ3n) is 4.46. The zero-order valence-electron chi connectivity index (χ0n) is 16.3. The molecule has 6 nitrogen and oxygen atoms in total. The van der Waals surface area contributed by atoms with Crippen molar-refractivity contribution in [3.05, 3.63) is 89.1 Å². The maximum Gasteiger partial charge on any atom is 0.340 e. The molecule has 0 amide bonds. The van der Waals surface area contributed by atoms with E-state index in [1.807, 2.05) is 66.9 Å². The molecular formula is C23H20N4O2S. The molecular weight excluding hydrogens is 396 g/mol. The van der Waals surface area contributed by atoms with E-state index < -0.39 is 5.97 Å². The zero-order chi connectivity index (χ0) is 20.9. The van der Waals surface area contributed by atoms with E-state index in [0.717, 1.165) is 16.4 Å². The lowest BCUT2D eigenvalue weighted by Gasteiger charge is -2.10. The highest BCUT2D eigenvalue weighted by Crippen LogP contribution is 2.27. The normalized spacial score (nSPS) is 10.6. The van der Waals surface area contributed by atoms with Crippen LogP contribution in [0.5, 0.6) is 0 Å². The number of hydrogen-bond donors (Lipinski definition) is 2. The predicted molar refractivity (Wildman–Crippen MR) is 120 cm³/mol. The Kier molecular flexibility index (Phi) is 5.72. The van der Waals surface area contributed by atoms with Crippen LogP contribution in [0.3, 0.4) is 0 Å². The number of esters is 1. The number of ether oxygens (including phenoxy) is 1. The van der Waals surface area contributed by atoms with Gasteiger partial charge in [-0.1, -0.05) is 48.0 Å².